The van der Waals surface area contributed by atoms with Crippen LogP contribution in [-0.2, 0) is 0 Å². The molecule has 1 unspecified atom stereocenters. The van der Waals surface area contributed by atoms with Gasteiger partial charge in [-0.15, -0.1) is 11.3 Å². The molecule has 5 heteroatoms. The Kier molecular flexibility index (Phi) is 3.25. The number of carbonyl (C=O) groups is 1. The maximum Gasteiger partial charge on any atom is 0.265 e. The summed E-state index contributed by atoms with van der Waals surface area (Å²) in [5.41, 5.74) is 2.44. The van der Waals surface area contributed by atoms with Gasteiger partial charge in [0.1, 0.15) is 4.88 Å². The summed E-state index contributed by atoms with van der Waals surface area (Å²) in [7, 11) is 1.73. The molecule has 1 heterocycles. The highest BCUT2D eigenvalue weighted by Gasteiger charge is 2.31. The Labute approximate surface area is 98.9 Å². The molecule has 1 aromatic heterocycles. The molecule has 0 saturated heterocycles. The van der Waals surface area contributed by atoms with Crippen molar-refractivity contribution in [3.63, 3.8) is 0 Å². The summed E-state index contributed by atoms with van der Waals surface area (Å²) in [6, 6.07) is 0. The number of aliphatic hydroxyl groups excluding tert-OH is 1. The van der Waals surface area contributed by atoms with Crippen molar-refractivity contribution in [1.29, 1.82) is 0 Å². The number of nitrogens with zero attached hydrogens (tertiary/aromatic N) is 2. The lowest BCUT2D eigenvalue weighted by molar-refractivity contribution is 0.0649. The minimum Gasteiger partial charge on any atom is -0.391 e. The Hall–Kier alpha value is -0.940. The molecule has 1 aliphatic carbocycles. The Balaban J connectivity index is 1.96. The zero-order valence-electron chi connectivity index (χ0n) is 9.51. The molecule has 1 aromatic rings. The summed E-state index contributed by atoms with van der Waals surface area (Å²) in [6.07, 6.45) is 1.80. The second kappa shape index (κ2) is 4.51. The van der Waals surface area contributed by atoms with Crippen molar-refractivity contribution in [3.8, 4) is 0 Å². The Morgan fingerprint density at radius 3 is 2.94 bits per heavy atom. The van der Waals surface area contributed by atoms with Crippen LogP contribution in [-0.4, -0.2) is 40.6 Å². The van der Waals surface area contributed by atoms with Crippen molar-refractivity contribution in [3.05, 3.63) is 16.1 Å². The lowest BCUT2D eigenvalue weighted by Gasteiger charge is -2.20. The molecule has 0 bridgehead atoms. The molecular weight excluding hydrogens is 224 g/mol. The molecule has 0 aliphatic heterocycles. The fourth-order valence-corrected chi connectivity index (χ4v) is 2.47. The lowest BCUT2D eigenvalue weighted by atomic mass is 10.2. The van der Waals surface area contributed by atoms with Crippen LogP contribution in [0.3, 0.4) is 0 Å². The number of thiazole rings is 1. The van der Waals surface area contributed by atoms with Crippen LogP contribution in [0.25, 0.3) is 0 Å². The van der Waals surface area contributed by atoms with E-state index >= 15 is 0 Å². The minimum absolute atomic E-state index is 0.0419. The number of hydrogen-bond donors (Lipinski definition) is 1. The number of amides is 1. The first-order valence-corrected chi connectivity index (χ1v) is 6.31. The van der Waals surface area contributed by atoms with Crippen molar-refractivity contribution in [2.24, 2.45) is 5.92 Å². The van der Waals surface area contributed by atoms with Crippen molar-refractivity contribution in [1.82, 2.24) is 9.88 Å². The van der Waals surface area contributed by atoms with Crippen LogP contribution in [0.2, 0.25) is 0 Å². The number of aromatic nitrogens is 1. The minimum atomic E-state index is -0.373. The highest BCUT2D eigenvalue weighted by molar-refractivity contribution is 7.11. The molecule has 0 aromatic carbocycles. The molecule has 4 nitrogen and oxygen atoms in total. The van der Waals surface area contributed by atoms with Gasteiger partial charge < -0.3 is 10.0 Å². The van der Waals surface area contributed by atoms with Crippen molar-refractivity contribution < 1.29 is 9.90 Å². The summed E-state index contributed by atoms with van der Waals surface area (Å²) < 4.78 is 0. The number of hydrogen-bond acceptors (Lipinski definition) is 4. The summed E-state index contributed by atoms with van der Waals surface area (Å²) in [5.74, 6) is 0.359. The van der Waals surface area contributed by atoms with Crippen LogP contribution < -0.4 is 0 Å². The highest BCUT2D eigenvalue weighted by Crippen LogP contribution is 2.32. The van der Waals surface area contributed by atoms with Crippen LogP contribution in [0.15, 0.2) is 5.51 Å². The molecule has 1 atom stereocenters. The van der Waals surface area contributed by atoms with Gasteiger partial charge in [-0.1, -0.05) is 0 Å². The molecule has 0 radical (unpaired) electrons. The van der Waals surface area contributed by atoms with Crippen molar-refractivity contribution in [2.45, 2.75) is 25.9 Å². The average Bonchev–Trinajstić information content (AvgIpc) is 3.01. The Morgan fingerprint density at radius 1 is 1.75 bits per heavy atom. The second-order valence-corrected chi connectivity index (χ2v) is 5.21. The average molecular weight is 240 g/mol. The molecule has 1 N–H and O–H groups in total. The molecule has 16 heavy (non-hydrogen) atoms. The third kappa shape index (κ3) is 2.41. The van der Waals surface area contributed by atoms with E-state index in [9.17, 15) is 9.90 Å². The summed E-state index contributed by atoms with van der Waals surface area (Å²) in [4.78, 5) is 18.3. The first-order valence-electron chi connectivity index (χ1n) is 5.43. The van der Waals surface area contributed by atoms with E-state index in [0.29, 0.717) is 17.3 Å². The summed E-state index contributed by atoms with van der Waals surface area (Å²) in [6.45, 7) is 2.25. The van der Waals surface area contributed by atoms with Gasteiger partial charge in [-0.3, -0.25) is 4.79 Å². The van der Waals surface area contributed by atoms with Gasteiger partial charge in [-0.25, -0.2) is 4.98 Å². The van der Waals surface area contributed by atoms with E-state index in [1.807, 2.05) is 6.92 Å². The summed E-state index contributed by atoms with van der Waals surface area (Å²) >= 11 is 1.35. The van der Waals surface area contributed by atoms with Gasteiger partial charge in [-0.2, -0.15) is 0 Å². The molecule has 88 valence electrons. The van der Waals surface area contributed by atoms with Crippen LogP contribution in [0.4, 0.5) is 0 Å². The summed E-state index contributed by atoms with van der Waals surface area (Å²) in [5, 5.41) is 9.77. The van der Waals surface area contributed by atoms with Crippen LogP contribution in [0.1, 0.15) is 28.2 Å². The number of aryl methyl sites for hydroxylation is 1. The molecule has 1 aliphatic rings. The molecule has 2 rings (SSSR count). The van der Waals surface area contributed by atoms with E-state index in [0.717, 1.165) is 18.5 Å². The smallest absolute Gasteiger partial charge is 0.265 e. The molecule has 1 fully saturated rings. The van der Waals surface area contributed by atoms with Gasteiger partial charge in [0.05, 0.1) is 17.3 Å². The van der Waals surface area contributed by atoms with Gasteiger partial charge in [-0.05, 0) is 25.7 Å². The number of likely N-dealkylation sites (N-methyl/N-ethyl adjacent to an activating group) is 1. The topological polar surface area (TPSA) is 53.4 Å². The Morgan fingerprint density at radius 2 is 2.44 bits per heavy atom. The third-order valence-corrected chi connectivity index (χ3v) is 3.83. The normalized spacial score (nSPS) is 17.2. The second-order valence-electron chi connectivity index (χ2n) is 4.36. The van der Waals surface area contributed by atoms with Gasteiger partial charge in [0.2, 0.25) is 0 Å². The van der Waals surface area contributed by atoms with E-state index in [1.165, 1.54) is 11.3 Å². The SMILES string of the molecule is Cc1ncsc1C(=O)N(C)CC(O)C1CC1. The zero-order chi connectivity index (χ0) is 11.7. The van der Waals surface area contributed by atoms with Gasteiger partial charge in [0, 0.05) is 13.6 Å². The lowest BCUT2D eigenvalue weighted by Crippen LogP contribution is -2.35. The van der Waals surface area contributed by atoms with Crippen LogP contribution in [0.5, 0.6) is 0 Å². The van der Waals surface area contributed by atoms with Gasteiger partial charge >= 0.3 is 0 Å². The van der Waals surface area contributed by atoms with E-state index in [-0.39, 0.29) is 12.0 Å². The molecule has 0 spiro atoms. The number of rotatable bonds is 4. The maximum atomic E-state index is 12.0. The van der Waals surface area contributed by atoms with E-state index in [4.69, 9.17) is 0 Å². The predicted octanol–water partition coefficient (Wildman–Crippen LogP) is 1.29. The standard InChI is InChI=1S/C11H16N2O2S/c1-7-10(16-6-12-7)11(15)13(2)5-9(14)8-3-4-8/h6,8-9,14H,3-5H2,1-2H3. The molecular formula is C11H16N2O2S. The first-order chi connectivity index (χ1) is 7.59. The maximum absolute atomic E-state index is 12.0. The highest BCUT2D eigenvalue weighted by atomic mass is 32.1. The fourth-order valence-electron chi connectivity index (χ4n) is 1.67. The molecule has 1 amide bonds. The quantitative estimate of drug-likeness (QED) is 0.863. The van der Waals surface area contributed by atoms with E-state index in [1.54, 1.807) is 17.5 Å². The van der Waals surface area contributed by atoms with E-state index < -0.39 is 0 Å². The zero-order valence-corrected chi connectivity index (χ0v) is 10.3. The number of aliphatic hydroxyl groups is 1. The number of carbonyl (C=O) groups excluding carboxylic acids is 1. The predicted molar refractivity (Wildman–Crippen MR) is 62.5 cm³/mol. The Bertz CT molecular complexity index is 387. The van der Waals surface area contributed by atoms with Gasteiger partial charge in [0.25, 0.3) is 5.91 Å². The first kappa shape index (κ1) is 11.5. The van der Waals surface area contributed by atoms with Crippen molar-refractivity contribution in [2.75, 3.05) is 13.6 Å². The monoisotopic (exact) mass is 240 g/mol. The molecule has 1 saturated carbocycles. The fraction of sp³-hybridized carbons (Fsp3) is 0.636. The van der Waals surface area contributed by atoms with Gasteiger partial charge in [0.15, 0.2) is 0 Å². The van der Waals surface area contributed by atoms with Crippen molar-refractivity contribution >= 4 is 17.2 Å². The largest absolute Gasteiger partial charge is 0.391 e. The van der Waals surface area contributed by atoms with Crippen LogP contribution >= 0.6 is 11.3 Å². The van der Waals surface area contributed by atoms with E-state index in [2.05, 4.69) is 4.98 Å². The third-order valence-electron chi connectivity index (χ3n) is 2.91. The van der Waals surface area contributed by atoms with Crippen LogP contribution in [0, 0.1) is 12.8 Å².